The molecule has 0 heterocycles. The van der Waals surface area contributed by atoms with E-state index in [0.717, 1.165) is 12.2 Å². The van der Waals surface area contributed by atoms with E-state index in [1.54, 1.807) is 6.07 Å². The molecule has 0 spiro atoms. The van der Waals surface area contributed by atoms with Gasteiger partial charge in [-0.05, 0) is 28.9 Å². The quantitative estimate of drug-likeness (QED) is 0.655. The third kappa shape index (κ3) is 2.13. The van der Waals surface area contributed by atoms with E-state index in [9.17, 15) is 4.79 Å². The van der Waals surface area contributed by atoms with E-state index in [1.807, 2.05) is 12.1 Å². The Morgan fingerprint density at radius 3 is 2.40 bits per heavy atom. The normalized spacial score (nSPS) is 19.4. The van der Waals surface area contributed by atoms with Crippen molar-refractivity contribution in [2.75, 3.05) is 24.7 Å². The number of para-hydroxylation sites is 1. The summed E-state index contributed by atoms with van der Waals surface area (Å²) in [6.07, 6.45) is 0. The van der Waals surface area contributed by atoms with Gasteiger partial charge in [0.25, 0.3) is 0 Å². The van der Waals surface area contributed by atoms with Crippen LogP contribution in [0.3, 0.4) is 0 Å². The Morgan fingerprint density at radius 1 is 1.30 bits per heavy atom. The van der Waals surface area contributed by atoms with E-state index in [-0.39, 0.29) is 0 Å². The first-order valence-corrected chi connectivity index (χ1v) is 6.94. The summed E-state index contributed by atoms with van der Waals surface area (Å²) in [5.41, 5.74) is 8.36. The maximum atomic E-state index is 11.6. The number of nitrogen functional groups attached to an aromatic ring is 1. The van der Waals surface area contributed by atoms with Crippen LogP contribution in [0, 0.1) is 16.7 Å². The zero-order valence-electron chi connectivity index (χ0n) is 12.9. The summed E-state index contributed by atoms with van der Waals surface area (Å²) in [6.45, 7) is 10.00. The Labute approximate surface area is 120 Å². The average Bonchev–Trinajstić information content (AvgIpc) is 2.78. The van der Waals surface area contributed by atoms with E-state index < -0.39 is 5.97 Å². The number of methoxy groups -OCH3 is 1. The molecule has 3 N–H and O–H groups in total. The second-order valence-corrected chi connectivity index (χ2v) is 6.64. The molecule has 0 radical (unpaired) electrons. The molecular weight excluding hydrogens is 252 g/mol. The summed E-state index contributed by atoms with van der Waals surface area (Å²) < 4.78 is 4.73. The first-order chi connectivity index (χ1) is 9.23. The number of ether oxygens (including phenoxy) is 1. The zero-order chi connectivity index (χ0) is 15.1. The van der Waals surface area contributed by atoms with Gasteiger partial charge in [-0.1, -0.05) is 33.8 Å². The van der Waals surface area contributed by atoms with Crippen LogP contribution in [0.25, 0.3) is 0 Å². The maximum absolute atomic E-state index is 11.6. The standard InChI is InChI=1S/C16H24N2O2/c1-15(2)12(16(15,3)4)9-18-11-8-6-7-10(13(11)17)14(19)20-5/h6-8,12,18H,9,17H2,1-5H3. The molecule has 0 atom stereocenters. The number of anilines is 2. The van der Waals surface area contributed by atoms with Crippen LogP contribution in [0.4, 0.5) is 11.4 Å². The third-order valence-corrected chi connectivity index (χ3v) is 5.33. The molecule has 1 aromatic rings. The lowest BCUT2D eigenvalue weighted by Gasteiger charge is -2.12. The van der Waals surface area contributed by atoms with Crippen LogP contribution in [-0.4, -0.2) is 19.6 Å². The molecular formula is C16H24N2O2. The largest absolute Gasteiger partial charge is 0.465 e. The number of benzene rings is 1. The topological polar surface area (TPSA) is 64.3 Å². The highest BCUT2D eigenvalue weighted by Gasteiger charge is 2.64. The summed E-state index contributed by atoms with van der Waals surface area (Å²) in [4.78, 5) is 11.6. The van der Waals surface area contributed by atoms with Crippen LogP contribution < -0.4 is 11.1 Å². The number of hydrogen-bond donors (Lipinski definition) is 2. The number of esters is 1. The van der Waals surface area contributed by atoms with Gasteiger partial charge in [0.2, 0.25) is 0 Å². The fraction of sp³-hybridized carbons (Fsp3) is 0.562. The molecule has 4 nitrogen and oxygen atoms in total. The predicted molar refractivity (Wildman–Crippen MR) is 81.7 cm³/mol. The Bertz CT molecular complexity index is 521. The van der Waals surface area contributed by atoms with Gasteiger partial charge in [-0.25, -0.2) is 4.79 Å². The lowest BCUT2D eigenvalue weighted by Crippen LogP contribution is -2.12. The molecule has 4 heteroatoms. The summed E-state index contributed by atoms with van der Waals surface area (Å²) in [6, 6.07) is 5.38. The van der Waals surface area contributed by atoms with E-state index in [0.29, 0.717) is 28.0 Å². The molecule has 1 aliphatic rings. The number of carbonyl (C=O) groups excluding carboxylic acids is 1. The van der Waals surface area contributed by atoms with Crippen molar-refractivity contribution in [2.24, 2.45) is 16.7 Å². The van der Waals surface area contributed by atoms with Gasteiger partial charge in [0, 0.05) is 6.54 Å². The highest BCUT2D eigenvalue weighted by atomic mass is 16.5. The SMILES string of the molecule is COC(=O)c1cccc(NCC2C(C)(C)C2(C)C)c1N. The van der Waals surface area contributed by atoms with Gasteiger partial charge in [-0.2, -0.15) is 0 Å². The molecule has 20 heavy (non-hydrogen) atoms. The minimum atomic E-state index is -0.404. The van der Waals surface area contributed by atoms with Crippen LogP contribution in [-0.2, 0) is 4.74 Å². The van der Waals surface area contributed by atoms with Gasteiger partial charge >= 0.3 is 5.97 Å². The minimum Gasteiger partial charge on any atom is -0.465 e. The van der Waals surface area contributed by atoms with Crippen molar-refractivity contribution in [3.05, 3.63) is 23.8 Å². The first-order valence-electron chi connectivity index (χ1n) is 6.94. The lowest BCUT2D eigenvalue weighted by molar-refractivity contribution is 0.0602. The van der Waals surface area contributed by atoms with Crippen molar-refractivity contribution in [1.82, 2.24) is 0 Å². The van der Waals surface area contributed by atoms with Crippen LogP contribution in [0.1, 0.15) is 38.1 Å². The Balaban J connectivity index is 2.10. The smallest absolute Gasteiger partial charge is 0.340 e. The van der Waals surface area contributed by atoms with Crippen molar-refractivity contribution in [3.63, 3.8) is 0 Å². The molecule has 1 aromatic carbocycles. The Kier molecular flexibility index (Phi) is 3.44. The highest BCUT2D eigenvalue weighted by Crippen LogP contribution is 2.68. The predicted octanol–water partition coefficient (Wildman–Crippen LogP) is 3.15. The molecule has 0 unspecified atom stereocenters. The maximum Gasteiger partial charge on any atom is 0.340 e. The van der Waals surface area contributed by atoms with Gasteiger partial charge in [-0.3, -0.25) is 0 Å². The van der Waals surface area contributed by atoms with Crippen molar-refractivity contribution in [2.45, 2.75) is 27.7 Å². The zero-order valence-corrected chi connectivity index (χ0v) is 12.9. The van der Waals surface area contributed by atoms with Crippen LogP contribution in [0.5, 0.6) is 0 Å². The lowest BCUT2D eigenvalue weighted by atomic mass is 10.0. The molecule has 0 aliphatic heterocycles. The highest BCUT2D eigenvalue weighted by molar-refractivity contribution is 5.98. The molecule has 0 aromatic heterocycles. The molecule has 2 rings (SSSR count). The van der Waals surface area contributed by atoms with Crippen LogP contribution >= 0.6 is 0 Å². The second-order valence-electron chi connectivity index (χ2n) is 6.64. The molecule has 0 bridgehead atoms. The van der Waals surface area contributed by atoms with Crippen LogP contribution in [0.15, 0.2) is 18.2 Å². The Hall–Kier alpha value is -1.71. The molecule has 1 saturated carbocycles. The average molecular weight is 276 g/mol. The summed E-state index contributed by atoms with van der Waals surface area (Å²) >= 11 is 0. The van der Waals surface area contributed by atoms with E-state index in [1.165, 1.54) is 7.11 Å². The van der Waals surface area contributed by atoms with Gasteiger partial charge in [-0.15, -0.1) is 0 Å². The molecule has 110 valence electrons. The van der Waals surface area contributed by atoms with Gasteiger partial charge in [0.15, 0.2) is 0 Å². The van der Waals surface area contributed by atoms with E-state index >= 15 is 0 Å². The van der Waals surface area contributed by atoms with Gasteiger partial charge in [0.05, 0.1) is 24.0 Å². The Morgan fingerprint density at radius 2 is 1.90 bits per heavy atom. The number of nitrogens with two attached hydrogens (primary N) is 1. The third-order valence-electron chi connectivity index (χ3n) is 5.33. The monoisotopic (exact) mass is 276 g/mol. The van der Waals surface area contributed by atoms with Gasteiger partial charge in [0.1, 0.15) is 0 Å². The van der Waals surface area contributed by atoms with E-state index in [2.05, 4.69) is 33.0 Å². The fourth-order valence-corrected chi connectivity index (χ4v) is 3.06. The summed E-state index contributed by atoms with van der Waals surface area (Å²) in [7, 11) is 1.36. The molecule has 1 aliphatic carbocycles. The molecule has 1 fully saturated rings. The van der Waals surface area contributed by atoms with Crippen LogP contribution in [0.2, 0.25) is 0 Å². The first kappa shape index (κ1) is 14.7. The van der Waals surface area contributed by atoms with Gasteiger partial charge < -0.3 is 15.8 Å². The molecule has 0 saturated heterocycles. The number of carbonyl (C=O) groups is 1. The molecule has 0 amide bonds. The fourth-order valence-electron chi connectivity index (χ4n) is 3.06. The summed E-state index contributed by atoms with van der Waals surface area (Å²) in [5, 5.41) is 3.37. The van der Waals surface area contributed by atoms with Crippen molar-refractivity contribution < 1.29 is 9.53 Å². The van der Waals surface area contributed by atoms with Crippen molar-refractivity contribution in [1.29, 1.82) is 0 Å². The second kappa shape index (κ2) is 4.69. The number of nitrogens with one attached hydrogen (secondary N) is 1. The van der Waals surface area contributed by atoms with E-state index in [4.69, 9.17) is 10.5 Å². The summed E-state index contributed by atoms with van der Waals surface area (Å²) in [5.74, 6) is 0.189. The van der Waals surface area contributed by atoms with Crippen molar-refractivity contribution in [3.8, 4) is 0 Å². The minimum absolute atomic E-state index is 0.328. The van der Waals surface area contributed by atoms with Crippen molar-refractivity contribution >= 4 is 17.3 Å². The number of hydrogen-bond acceptors (Lipinski definition) is 4. The number of rotatable bonds is 4.